The number of nitrogen functional groups attached to an aromatic ring is 1. The van der Waals surface area contributed by atoms with Crippen molar-refractivity contribution in [2.45, 2.75) is 19.8 Å². The summed E-state index contributed by atoms with van der Waals surface area (Å²) >= 11 is 0. The fourth-order valence-corrected chi connectivity index (χ4v) is 2.14. The summed E-state index contributed by atoms with van der Waals surface area (Å²) in [4.78, 5) is 17.5. The molecule has 1 aliphatic heterocycles. The Balaban J connectivity index is 2.17. The van der Waals surface area contributed by atoms with E-state index < -0.39 is 5.82 Å². The number of hydrogen-bond acceptors (Lipinski definition) is 3. The van der Waals surface area contributed by atoms with Crippen molar-refractivity contribution < 1.29 is 9.18 Å². The van der Waals surface area contributed by atoms with E-state index in [9.17, 15) is 9.18 Å². The average molecular weight is 237 g/mol. The van der Waals surface area contributed by atoms with Crippen LogP contribution in [0.15, 0.2) is 12.3 Å². The van der Waals surface area contributed by atoms with Crippen molar-refractivity contribution in [1.29, 1.82) is 0 Å². The number of halogens is 1. The molecule has 2 rings (SSSR count). The Kier molecular flexibility index (Phi) is 3.26. The lowest BCUT2D eigenvalue weighted by Gasteiger charge is -2.17. The topological polar surface area (TPSA) is 59.2 Å². The summed E-state index contributed by atoms with van der Waals surface area (Å²) in [5.74, 6) is -0.114. The van der Waals surface area contributed by atoms with Crippen molar-refractivity contribution in [1.82, 2.24) is 9.88 Å². The van der Waals surface area contributed by atoms with Gasteiger partial charge in [0.1, 0.15) is 11.6 Å². The molecule has 1 aliphatic rings. The molecule has 1 saturated heterocycles. The maximum Gasteiger partial charge on any atom is 0.257 e. The van der Waals surface area contributed by atoms with Crippen molar-refractivity contribution in [2.75, 3.05) is 18.8 Å². The fraction of sp³-hybridized carbons (Fsp3) is 0.500. The lowest BCUT2D eigenvalue weighted by Crippen LogP contribution is -2.29. The van der Waals surface area contributed by atoms with Gasteiger partial charge in [0.25, 0.3) is 5.91 Å². The summed E-state index contributed by atoms with van der Waals surface area (Å²) in [6.45, 7) is 3.55. The van der Waals surface area contributed by atoms with E-state index in [0.29, 0.717) is 12.5 Å². The molecule has 92 valence electrons. The van der Waals surface area contributed by atoms with Gasteiger partial charge in [-0.3, -0.25) is 4.79 Å². The first-order valence-electron chi connectivity index (χ1n) is 5.82. The molecule has 0 radical (unpaired) electrons. The van der Waals surface area contributed by atoms with Crippen molar-refractivity contribution >= 4 is 11.7 Å². The van der Waals surface area contributed by atoms with Crippen LogP contribution < -0.4 is 5.73 Å². The zero-order valence-corrected chi connectivity index (χ0v) is 9.82. The molecule has 1 aromatic rings. The highest BCUT2D eigenvalue weighted by Crippen LogP contribution is 2.22. The molecule has 2 heterocycles. The van der Waals surface area contributed by atoms with E-state index in [2.05, 4.69) is 11.9 Å². The Hall–Kier alpha value is -1.65. The van der Waals surface area contributed by atoms with Crippen LogP contribution in [0.5, 0.6) is 0 Å². The van der Waals surface area contributed by atoms with Crippen molar-refractivity contribution in [2.24, 2.45) is 5.92 Å². The largest absolute Gasteiger partial charge is 0.383 e. The van der Waals surface area contributed by atoms with E-state index >= 15 is 0 Å². The number of nitrogens with zero attached hydrogens (tertiary/aromatic N) is 2. The van der Waals surface area contributed by atoms with Crippen LogP contribution in [-0.2, 0) is 0 Å². The lowest BCUT2D eigenvalue weighted by atomic mass is 10.1. The number of aromatic nitrogens is 1. The molecule has 0 spiro atoms. The maximum atomic E-state index is 13.0. The second-order valence-electron chi connectivity index (χ2n) is 4.40. The molecule has 1 unspecified atom stereocenters. The van der Waals surface area contributed by atoms with Crippen molar-refractivity contribution in [3.05, 3.63) is 23.6 Å². The van der Waals surface area contributed by atoms with Crippen molar-refractivity contribution in [3.8, 4) is 0 Å². The standard InChI is InChI=1S/C12H16FN3O/c1-2-8-3-4-16(7-8)12(17)10-5-9(13)6-15-11(10)14/h5-6,8H,2-4,7H2,1H3,(H2,14,15). The van der Waals surface area contributed by atoms with Gasteiger partial charge in [0.05, 0.1) is 11.8 Å². The molecule has 1 atom stereocenters. The first kappa shape index (κ1) is 11.8. The second kappa shape index (κ2) is 4.69. The van der Waals surface area contributed by atoms with Crippen LogP contribution in [0.4, 0.5) is 10.2 Å². The van der Waals surface area contributed by atoms with Gasteiger partial charge >= 0.3 is 0 Å². The predicted molar refractivity (Wildman–Crippen MR) is 62.9 cm³/mol. The van der Waals surface area contributed by atoms with Crippen LogP contribution in [0.25, 0.3) is 0 Å². The van der Waals surface area contributed by atoms with Crippen molar-refractivity contribution in [3.63, 3.8) is 0 Å². The van der Waals surface area contributed by atoms with Crippen LogP contribution in [0.2, 0.25) is 0 Å². The Bertz CT molecular complexity index is 436. The molecule has 2 N–H and O–H groups in total. The van der Waals surface area contributed by atoms with Gasteiger partial charge in [0.2, 0.25) is 0 Å². The molecule has 0 aromatic carbocycles. The number of carbonyl (C=O) groups excluding carboxylic acids is 1. The number of hydrogen-bond donors (Lipinski definition) is 1. The van der Waals surface area contributed by atoms with Crippen LogP contribution in [0.3, 0.4) is 0 Å². The number of likely N-dealkylation sites (tertiary alicyclic amines) is 1. The highest BCUT2D eigenvalue weighted by Gasteiger charge is 2.27. The van der Waals surface area contributed by atoms with E-state index in [-0.39, 0.29) is 17.3 Å². The Morgan fingerprint density at radius 1 is 1.71 bits per heavy atom. The van der Waals surface area contributed by atoms with E-state index in [1.165, 1.54) is 0 Å². The third-order valence-electron chi connectivity index (χ3n) is 3.27. The first-order valence-corrected chi connectivity index (χ1v) is 5.82. The van der Waals surface area contributed by atoms with Gasteiger partial charge in [-0.1, -0.05) is 13.3 Å². The molecule has 1 fully saturated rings. The molecule has 0 aliphatic carbocycles. The minimum atomic E-state index is -0.534. The SMILES string of the molecule is CCC1CCN(C(=O)c2cc(F)cnc2N)C1. The molecular formula is C12H16FN3O. The number of rotatable bonds is 2. The third kappa shape index (κ3) is 2.38. The Morgan fingerprint density at radius 2 is 2.47 bits per heavy atom. The maximum absolute atomic E-state index is 13.0. The summed E-state index contributed by atoms with van der Waals surface area (Å²) < 4.78 is 13.0. The van der Waals surface area contributed by atoms with Gasteiger partial charge in [-0.2, -0.15) is 0 Å². The quantitative estimate of drug-likeness (QED) is 0.851. The van der Waals surface area contributed by atoms with E-state index in [1.807, 2.05) is 0 Å². The molecule has 4 nitrogen and oxygen atoms in total. The number of amides is 1. The highest BCUT2D eigenvalue weighted by molar-refractivity contribution is 5.98. The van der Waals surface area contributed by atoms with Gasteiger partial charge in [0.15, 0.2) is 0 Å². The zero-order valence-electron chi connectivity index (χ0n) is 9.82. The number of nitrogens with two attached hydrogens (primary N) is 1. The summed E-state index contributed by atoms with van der Waals surface area (Å²) in [6.07, 6.45) is 3.08. The fourth-order valence-electron chi connectivity index (χ4n) is 2.14. The molecule has 1 amide bonds. The molecule has 5 heteroatoms. The van der Waals surface area contributed by atoms with E-state index in [1.54, 1.807) is 4.90 Å². The van der Waals surface area contributed by atoms with Gasteiger partial charge < -0.3 is 10.6 Å². The van der Waals surface area contributed by atoms with Crippen LogP contribution in [0, 0.1) is 11.7 Å². The molecule has 1 aromatic heterocycles. The van der Waals surface area contributed by atoms with Gasteiger partial charge in [-0.05, 0) is 18.4 Å². The summed E-state index contributed by atoms with van der Waals surface area (Å²) in [7, 11) is 0. The van der Waals surface area contributed by atoms with Gasteiger partial charge in [0, 0.05) is 13.1 Å². The predicted octanol–water partition coefficient (Wildman–Crippen LogP) is 1.68. The lowest BCUT2D eigenvalue weighted by molar-refractivity contribution is 0.0787. The number of pyridine rings is 1. The molecular weight excluding hydrogens is 221 g/mol. The highest BCUT2D eigenvalue weighted by atomic mass is 19.1. The Morgan fingerprint density at radius 3 is 3.12 bits per heavy atom. The van der Waals surface area contributed by atoms with Gasteiger partial charge in [-0.25, -0.2) is 9.37 Å². The third-order valence-corrected chi connectivity index (χ3v) is 3.27. The smallest absolute Gasteiger partial charge is 0.257 e. The summed E-state index contributed by atoms with van der Waals surface area (Å²) in [6, 6.07) is 1.16. The molecule has 0 saturated carbocycles. The minimum Gasteiger partial charge on any atom is -0.383 e. The van der Waals surface area contributed by atoms with E-state index in [0.717, 1.165) is 31.6 Å². The summed E-state index contributed by atoms with van der Waals surface area (Å²) in [5, 5.41) is 0. The number of anilines is 1. The van der Waals surface area contributed by atoms with Crippen LogP contribution >= 0.6 is 0 Å². The average Bonchev–Trinajstić information content (AvgIpc) is 2.80. The molecule has 17 heavy (non-hydrogen) atoms. The monoisotopic (exact) mass is 237 g/mol. The van der Waals surface area contributed by atoms with Crippen LogP contribution in [-0.4, -0.2) is 28.9 Å². The number of carbonyl (C=O) groups is 1. The summed E-state index contributed by atoms with van der Waals surface area (Å²) in [5.41, 5.74) is 5.77. The van der Waals surface area contributed by atoms with Gasteiger partial charge in [-0.15, -0.1) is 0 Å². The molecule has 0 bridgehead atoms. The first-order chi connectivity index (χ1) is 8.11. The minimum absolute atomic E-state index is 0.0938. The van der Waals surface area contributed by atoms with E-state index in [4.69, 9.17) is 5.73 Å². The zero-order chi connectivity index (χ0) is 12.4. The second-order valence-corrected chi connectivity index (χ2v) is 4.40. The van der Waals surface area contributed by atoms with Crippen LogP contribution in [0.1, 0.15) is 30.1 Å². The Labute approximate surface area is 99.6 Å². The normalized spacial score (nSPS) is 19.6.